The van der Waals surface area contributed by atoms with E-state index in [4.69, 9.17) is 30.9 Å². The molecule has 8 heteroatoms. The first-order valence-electron chi connectivity index (χ1n) is 12.0. The van der Waals surface area contributed by atoms with Crippen LogP contribution in [0.4, 0.5) is 0 Å². The summed E-state index contributed by atoms with van der Waals surface area (Å²) >= 11 is 0. The zero-order valence-electron chi connectivity index (χ0n) is 20.8. The van der Waals surface area contributed by atoms with Gasteiger partial charge in [0.05, 0.1) is 30.9 Å². The number of hydrogen-bond donors (Lipinski definition) is 5. The number of aliphatic hydroxyl groups excluding tert-OH is 3. The number of aliphatic hydroxyl groups is 3. The lowest BCUT2D eigenvalue weighted by Gasteiger charge is -2.20. The molecule has 0 saturated carbocycles. The van der Waals surface area contributed by atoms with Crippen LogP contribution in [0.1, 0.15) is 18.1 Å². The minimum Gasteiger partial charge on any atom is -0.479 e. The Morgan fingerprint density at radius 1 is 0.919 bits per heavy atom. The molecule has 0 amide bonds. The molecule has 0 aliphatic heterocycles. The Kier molecular flexibility index (Phi) is 9.82. The topological polar surface area (TPSA) is 138 Å². The van der Waals surface area contributed by atoms with Crippen molar-refractivity contribution in [3.63, 3.8) is 0 Å². The smallest absolute Gasteiger partial charge is 0.344 e. The van der Waals surface area contributed by atoms with Crippen molar-refractivity contribution in [1.29, 1.82) is 0 Å². The molecule has 0 spiro atoms. The van der Waals surface area contributed by atoms with Crippen LogP contribution in [0.15, 0.2) is 85.1 Å². The number of aromatic nitrogens is 1. The fourth-order valence-corrected chi connectivity index (χ4v) is 3.68. The van der Waals surface area contributed by atoms with Crippen LogP contribution in [0, 0.1) is 0 Å². The highest BCUT2D eigenvalue weighted by atomic mass is 16.5. The summed E-state index contributed by atoms with van der Waals surface area (Å²) < 4.78 is 7.79. The van der Waals surface area contributed by atoms with E-state index < -0.39 is 37.4 Å². The van der Waals surface area contributed by atoms with Crippen molar-refractivity contribution in [2.45, 2.75) is 31.4 Å². The van der Waals surface area contributed by atoms with Crippen molar-refractivity contribution in [1.82, 2.24) is 4.57 Å². The van der Waals surface area contributed by atoms with Gasteiger partial charge in [0.2, 0.25) is 0 Å². The summed E-state index contributed by atoms with van der Waals surface area (Å²) in [4.78, 5) is 11.2. The van der Waals surface area contributed by atoms with E-state index in [1.807, 2.05) is 42.5 Å². The second kappa shape index (κ2) is 13.0. The van der Waals surface area contributed by atoms with Crippen LogP contribution in [0.5, 0.6) is 5.75 Å². The summed E-state index contributed by atoms with van der Waals surface area (Å²) in [6.07, 6.45) is 3.10. The van der Waals surface area contributed by atoms with E-state index in [2.05, 4.69) is 47.2 Å². The molecule has 6 N–H and O–H groups in total. The van der Waals surface area contributed by atoms with Gasteiger partial charge in [-0.1, -0.05) is 48.5 Å². The van der Waals surface area contributed by atoms with Crippen LogP contribution in [0.3, 0.4) is 0 Å². The van der Waals surface area contributed by atoms with Crippen LogP contribution >= 0.6 is 0 Å². The van der Waals surface area contributed by atoms with Crippen LogP contribution in [0.25, 0.3) is 16.6 Å². The Bertz CT molecular complexity index is 1260. The normalized spacial score (nSPS) is 12.0. The van der Waals surface area contributed by atoms with Crippen LogP contribution in [-0.2, 0) is 17.6 Å². The molecule has 37 heavy (non-hydrogen) atoms. The molecule has 0 bridgehead atoms. The third-order valence-corrected chi connectivity index (χ3v) is 6.02. The van der Waals surface area contributed by atoms with Gasteiger partial charge in [-0.2, -0.15) is 0 Å². The van der Waals surface area contributed by atoms with Gasteiger partial charge in [0.25, 0.3) is 0 Å². The van der Waals surface area contributed by atoms with Gasteiger partial charge in [-0.3, -0.25) is 0 Å². The number of nitrogens with zero attached hydrogens (tertiary/aromatic N) is 1. The monoisotopic (exact) mass is 506 g/mol. The van der Waals surface area contributed by atoms with Gasteiger partial charge in [0, 0.05) is 17.3 Å². The van der Waals surface area contributed by atoms with Crippen LogP contribution in [-0.4, -0.2) is 62.4 Å². The van der Waals surface area contributed by atoms with Gasteiger partial charge in [-0.25, -0.2) is 4.79 Å². The van der Waals surface area contributed by atoms with Gasteiger partial charge < -0.3 is 35.5 Å². The lowest BCUT2D eigenvalue weighted by molar-refractivity contribution is -0.144. The van der Waals surface area contributed by atoms with E-state index in [-0.39, 0.29) is 0 Å². The van der Waals surface area contributed by atoms with Crippen molar-refractivity contribution < 1.29 is 30.0 Å². The lowest BCUT2D eigenvalue weighted by atomic mass is 10.0. The summed E-state index contributed by atoms with van der Waals surface area (Å²) in [7, 11) is 0. The quantitative estimate of drug-likeness (QED) is 0.223. The minimum absolute atomic E-state index is 0.403. The van der Waals surface area contributed by atoms with Gasteiger partial charge in [-0.05, 0) is 61.2 Å². The molecule has 0 aliphatic rings. The Morgan fingerprint density at radius 3 is 2.05 bits per heavy atom. The molecule has 4 rings (SSSR count). The molecular weight excluding hydrogens is 472 g/mol. The number of benzene rings is 3. The van der Waals surface area contributed by atoms with Crippen LogP contribution in [0.2, 0.25) is 0 Å². The molecule has 4 aromatic rings. The Morgan fingerprint density at radius 2 is 1.51 bits per heavy atom. The number of para-hydroxylation sites is 1. The highest BCUT2D eigenvalue weighted by Gasteiger charge is 2.20. The molecule has 1 aromatic heterocycles. The largest absolute Gasteiger partial charge is 0.479 e. The average Bonchev–Trinajstić information content (AvgIpc) is 3.30. The molecular formula is C29H34N2O6. The van der Waals surface area contributed by atoms with Gasteiger partial charge in [-0.15, -0.1) is 0 Å². The summed E-state index contributed by atoms with van der Waals surface area (Å²) in [5.41, 5.74) is 8.61. The fraction of sp³-hybridized carbons (Fsp3) is 0.276. The number of rotatable bonds is 10. The number of aryl methyl sites for hydroxylation is 2. The standard InChI is InChI=1S/C25H23NO3.C4H11NO3/c1-18(25(27)28)29-22-14-15-24-23(16-22)20(13-12-19-8-4-2-5-9-19)17-26(24)21-10-6-3-7-11-21;5-4(1-6,2-7)3-8/h2-11,14-18H,12-13H2,1H3,(H,27,28);6-8H,1-3,5H2. The van der Waals surface area contributed by atoms with Gasteiger partial charge in [0.1, 0.15) is 5.75 Å². The average molecular weight is 507 g/mol. The second-order valence-electron chi connectivity index (χ2n) is 8.96. The SMILES string of the molecule is CC(Oc1ccc2c(c1)c(CCc1ccccc1)cn2-c1ccccc1)C(=O)O.NC(CO)(CO)CO. The summed E-state index contributed by atoms with van der Waals surface area (Å²) in [6, 6.07) is 26.4. The Labute approximate surface area is 216 Å². The lowest BCUT2D eigenvalue weighted by Crippen LogP contribution is -2.50. The molecule has 0 fully saturated rings. The molecule has 0 radical (unpaired) electrons. The van der Waals surface area contributed by atoms with E-state index >= 15 is 0 Å². The molecule has 0 aliphatic carbocycles. The number of aliphatic carboxylic acids is 1. The number of nitrogens with two attached hydrogens (primary N) is 1. The summed E-state index contributed by atoms with van der Waals surface area (Å²) in [5.74, 6) is -0.407. The Balaban J connectivity index is 0.000000414. The number of hydrogen-bond acceptors (Lipinski definition) is 6. The zero-order chi connectivity index (χ0) is 26.8. The second-order valence-corrected chi connectivity index (χ2v) is 8.96. The van der Waals surface area contributed by atoms with Crippen molar-refractivity contribution in [3.8, 4) is 11.4 Å². The number of ether oxygens (including phenoxy) is 1. The first-order valence-corrected chi connectivity index (χ1v) is 12.0. The predicted molar refractivity (Wildman–Crippen MR) is 143 cm³/mol. The first kappa shape index (κ1) is 27.9. The molecule has 1 atom stereocenters. The molecule has 0 saturated heterocycles. The van der Waals surface area contributed by atoms with Gasteiger partial charge >= 0.3 is 5.97 Å². The predicted octanol–water partition coefficient (Wildman–Crippen LogP) is 2.93. The number of fused-ring (bicyclic) bond motifs is 1. The number of carboxylic acid groups (broad SMARTS) is 1. The van der Waals surface area contributed by atoms with E-state index in [0.29, 0.717) is 5.75 Å². The maximum Gasteiger partial charge on any atom is 0.344 e. The van der Waals surface area contributed by atoms with Crippen molar-refractivity contribution in [2.24, 2.45) is 5.73 Å². The highest BCUT2D eigenvalue weighted by molar-refractivity contribution is 5.87. The van der Waals surface area contributed by atoms with Crippen molar-refractivity contribution >= 4 is 16.9 Å². The number of carbonyl (C=O) groups is 1. The van der Waals surface area contributed by atoms with E-state index in [9.17, 15) is 4.79 Å². The fourth-order valence-electron chi connectivity index (χ4n) is 3.68. The van der Waals surface area contributed by atoms with Crippen molar-refractivity contribution in [3.05, 3.63) is 96.2 Å². The summed E-state index contributed by atoms with van der Waals surface area (Å²) in [6.45, 7) is 0.331. The third-order valence-electron chi connectivity index (χ3n) is 6.02. The van der Waals surface area contributed by atoms with Crippen molar-refractivity contribution in [2.75, 3.05) is 19.8 Å². The molecule has 3 aromatic carbocycles. The van der Waals surface area contributed by atoms with E-state index in [1.54, 1.807) is 0 Å². The number of carboxylic acids is 1. The van der Waals surface area contributed by atoms with E-state index in [0.717, 1.165) is 29.4 Å². The first-order chi connectivity index (χ1) is 17.8. The van der Waals surface area contributed by atoms with Crippen LogP contribution < -0.4 is 10.5 Å². The molecule has 196 valence electrons. The summed E-state index contributed by atoms with van der Waals surface area (Å²) in [5, 5.41) is 35.2. The molecule has 1 heterocycles. The minimum atomic E-state index is -1.21. The zero-order valence-corrected chi connectivity index (χ0v) is 20.8. The maximum atomic E-state index is 11.2. The third kappa shape index (κ3) is 7.41. The molecule has 1 unspecified atom stereocenters. The Hall–Kier alpha value is -3.69. The van der Waals surface area contributed by atoms with Gasteiger partial charge in [0.15, 0.2) is 6.10 Å². The van der Waals surface area contributed by atoms with E-state index in [1.165, 1.54) is 18.1 Å². The molecule has 8 nitrogen and oxygen atoms in total. The highest BCUT2D eigenvalue weighted by Crippen LogP contribution is 2.30. The maximum absolute atomic E-state index is 11.2.